The van der Waals surface area contributed by atoms with Crippen LogP contribution < -0.4 is 5.32 Å². The van der Waals surface area contributed by atoms with Crippen molar-refractivity contribution < 1.29 is 4.74 Å². The molecule has 0 aromatic heterocycles. The van der Waals surface area contributed by atoms with Crippen LogP contribution in [0.2, 0.25) is 0 Å². The second kappa shape index (κ2) is 5.41. The molecule has 2 heteroatoms. The summed E-state index contributed by atoms with van der Waals surface area (Å²) in [5, 5.41) is 3.77. The van der Waals surface area contributed by atoms with Crippen LogP contribution in [0, 0.1) is 11.8 Å². The lowest BCUT2D eigenvalue weighted by atomic mass is 9.95. The molecular formula is C16H23NO. The quantitative estimate of drug-likeness (QED) is 0.860. The Hall–Kier alpha value is -0.860. The van der Waals surface area contributed by atoms with E-state index in [0.717, 1.165) is 24.4 Å². The van der Waals surface area contributed by atoms with E-state index >= 15 is 0 Å². The SMILES string of the molecule is COCc1ccccc1CNC1CCCC2CC21. The number of hydrogen-bond acceptors (Lipinski definition) is 2. The van der Waals surface area contributed by atoms with Crippen molar-refractivity contribution in [3.8, 4) is 0 Å². The highest BCUT2D eigenvalue weighted by Crippen LogP contribution is 2.49. The van der Waals surface area contributed by atoms with Crippen LogP contribution in [-0.4, -0.2) is 13.2 Å². The van der Waals surface area contributed by atoms with Crippen molar-refractivity contribution in [1.29, 1.82) is 0 Å². The first-order valence-corrected chi connectivity index (χ1v) is 7.17. The molecule has 2 aliphatic rings. The van der Waals surface area contributed by atoms with Crippen LogP contribution in [0.3, 0.4) is 0 Å². The van der Waals surface area contributed by atoms with Crippen molar-refractivity contribution in [2.24, 2.45) is 11.8 Å². The van der Waals surface area contributed by atoms with Gasteiger partial charge in [0, 0.05) is 19.7 Å². The van der Waals surface area contributed by atoms with Gasteiger partial charge >= 0.3 is 0 Å². The molecule has 98 valence electrons. The van der Waals surface area contributed by atoms with Gasteiger partial charge in [-0.25, -0.2) is 0 Å². The second-order valence-corrected chi connectivity index (χ2v) is 5.78. The van der Waals surface area contributed by atoms with Gasteiger partial charge < -0.3 is 10.1 Å². The Kier molecular flexibility index (Phi) is 3.67. The smallest absolute Gasteiger partial charge is 0.0716 e. The minimum atomic E-state index is 0.717. The maximum Gasteiger partial charge on any atom is 0.0716 e. The highest BCUT2D eigenvalue weighted by molar-refractivity contribution is 5.26. The highest BCUT2D eigenvalue weighted by Gasteiger charge is 2.44. The van der Waals surface area contributed by atoms with E-state index in [0.29, 0.717) is 6.61 Å². The van der Waals surface area contributed by atoms with E-state index in [4.69, 9.17) is 4.74 Å². The Labute approximate surface area is 110 Å². The molecular weight excluding hydrogens is 222 g/mol. The fourth-order valence-corrected chi connectivity index (χ4v) is 3.43. The highest BCUT2D eigenvalue weighted by atomic mass is 16.5. The molecule has 1 aromatic rings. The summed E-state index contributed by atoms with van der Waals surface area (Å²) in [6, 6.07) is 9.36. The Morgan fingerprint density at radius 1 is 1.22 bits per heavy atom. The molecule has 0 radical (unpaired) electrons. The van der Waals surface area contributed by atoms with E-state index in [-0.39, 0.29) is 0 Å². The average molecular weight is 245 g/mol. The fraction of sp³-hybridized carbons (Fsp3) is 0.625. The standard InChI is InChI=1S/C16H23NO/c1-18-11-14-6-3-2-5-13(14)10-17-16-8-4-7-12-9-15(12)16/h2-3,5-6,12,15-17H,4,7-11H2,1H3. The average Bonchev–Trinajstić information content (AvgIpc) is 3.18. The molecule has 1 aromatic carbocycles. The van der Waals surface area contributed by atoms with E-state index in [1.165, 1.54) is 36.8 Å². The molecule has 2 saturated carbocycles. The van der Waals surface area contributed by atoms with E-state index in [2.05, 4.69) is 29.6 Å². The summed E-state index contributed by atoms with van der Waals surface area (Å²) in [6.45, 7) is 1.71. The Balaban J connectivity index is 1.59. The van der Waals surface area contributed by atoms with Crippen molar-refractivity contribution in [1.82, 2.24) is 5.32 Å². The summed E-state index contributed by atoms with van der Waals surface area (Å²) in [5.41, 5.74) is 2.71. The first kappa shape index (κ1) is 12.2. The predicted molar refractivity (Wildman–Crippen MR) is 73.2 cm³/mol. The van der Waals surface area contributed by atoms with Crippen LogP contribution in [0.25, 0.3) is 0 Å². The molecule has 0 heterocycles. The van der Waals surface area contributed by atoms with E-state index < -0.39 is 0 Å². The van der Waals surface area contributed by atoms with Gasteiger partial charge in [0.25, 0.3) is 0 Å². The van der Waals surface area contributed by atoms with Gasteiger partial charge in [-0.05, 0) is 35.8 Å². The molecule has 3 atom stereocenters. The molecule has 3 unspecified atom stereocenters. The Morgan fingerprint density at radius 3 is 2.89 bits per heavy atom. The third-order valence-electron chi connectivity index (χ3n) is 4.56. The number of benzene rings is 1. The Morgan fingerprint density at radius 2 is 2.06 bits per heavy atom. The maximum absolute atomic E-state index is 5.26. The summed E-state index contributed by atoms with van der Waals surface area (Å²) in [6.07, 6.45) is 5.73. The number of ether oxygens (including phenoxy) is 1. The Bertz CT molecular complexity index is 404. The molecule has 2 aliphatic carbocycles. The lowest BCUT2D eigenvalue weighted by Crippen LogP contribution is -2.33. The molecule has 0 aliphatic heterocycles. The predicted octanol–water partition coefficient (Wildman–Crippen LogP) is 3.11. The molecule has 0 spiro atoms. The molecule has 18 heavy (non-hydrogen) atoms. The van der Waals surface area contributed by atoms with Crippen LogP contribution in [0.5, 0.6) is 0 Å². The first-order chi connectivity index (χ1) is 8.88. The van der Waals surface area contributed by atoms with Crippen LogP contribution in [0.1, 0.15) is 36.8 Å². The minimum Gasteiger partial charge on any atom is -0.380 e. The monoisotopic (exact) mass is 245 g/mol. The van der Waals surface area contributed by atoms with Crippen LogP contribution >= 0.6 is 0 Å². The number of rotatable bonds is 5. The third-order valence-corrected chi connectivity index (χ3v) is 4.56. The lowest BCUT2D eigenvalue weighted by molar-refractivity contribution is 0.184. The molecule has 0 bridgehead atoms. The van der Waals surface area contributed by atoms with Gasteiger partial charge in [0.15, 0.2) is 0 Å². The summed E-state index contributed by atoms with van der Waals surface area (Å²) in [4.78, 5) is 0. The molecule has 2 fully saturated rings. The van der Waals surface area contributed by atoms with Crippen molar-refractivity contribution in [3.05, 3.63) is 35.4 Å². The largest absolute Gasteiger partial charge is 0.380 e. The van der Waals surface area contributed by atoms with E-state index in [1.54, 1.807) is 7.11 Å². The van der Waals surface area contributed by atoms with E-state index in [1.807, 2.05) is 0 Å². The van der Waals surface area contributed by atoms with Crippen molar-refractivity contribution >= 4 is 0 Å². The number of fused-ring (bicyclic) bond motifs is 1. The topological polar surface area (TPSA) is 21.3 Å². The molecule has 0 amide bonds. The van der Waals surface area contributed by atoms with Gasteiger partial charge in [-0.3, -0.25) is 0 Å². The third kappa shape index (κ3) is 2.60. The summed E-state index contributed by atoms with van der Waals surface area (Å²) in [5.74, 6) is 2.03. The summed E-state index contributed by atoms with van der Waals surface area (Å²) in [7, 11) is 1.76. The van der Waals surface area contributed by atoms with Crippen LogP contribution in [0.4, 0.5) is 0 Å². The molecule has 1 N–H and O–H groups in total. The van der Waals surface area contributed by atoms with E-state index in [9.17, 15) is 0 Å². The first-order valence-electron chi connectivity index (χ1n) is 7.17. The number of methoxy groups -OCH3 is 1. The molecule has 3 rings (SSSR count). The summed E-state index contributed by atoms with van der Waals surface area (Å²) >= 11 is 0. The van der Waals surface area contributed by atoms with Gasteiger partial charge in [-0.15, -0.1) is 0 Å². The van der Waals surface area contributed by atoms with Crippen molar-refractivity contribution in [2.45, 2.75) is 44.9 Å². The van der Waals surface area contributed by atoms with Gasteiger partial charge in [0.2, 0.25) is 0 Å². The van der Waals surface area contributed by atoms with Crippen molar-refractivity contribution in [2.75, 3.05) is 7.11 Å². The van der Waals surface area contributed by atoms with Gasteiger partial charge in [-0.2, -0.15) is 0 Å². The molecule has 0 saturated heterocycles. The van der Waals surface area contributed by atoms with Crippen LogP contribution in [0.15, 0.2) is 24.3 Å². The van der Waals surface area contributed by atoms with Gasteiger partial charge in [-0.1, -0.05) is 37.1 Å². The lowest BCUT2D eigenvalue weighted by Gasteiger charge is -2.23. The number of nitrogens with one attached hydrogen (secondary N) is 1. The maximum atomic E-state index is 5.26. The summed E-state index contributed by atoms with van der Waals surface area (Å²) < 4.78 is 5.26. The zero-order valence-electron chi connectivity index (χ0n) is 11.2. The zero-order valence-corrected chi connectivity index (χ0v) is 11.2. The van der Waals surface area contributed by atoms with Gasteiger partial charge in [0.1, 0.15) is 0 Å². The number of hydrogen-bond donors (Lipinski definition) is 1. The zero-order chi connectivity index (χ0) is 12.4. The fourth-order valence-electron chi connectivity index (χ4n) is 3.43. The van der Waals surface area contributed by atoms with Crippen LogP contribution in [-0.2, 0) is 17.9 Å². The molecule has 2 nitrogen and oxygen atoms in total. The minimum absolute atomic E-state index is 0.717. The van der Waals surface area contributed by atoms with Gasteiger partial charge in [0.05, 0.1) is 6.61 Å². The normalized spacial score (nSPS) is 29.9. The van der Waals surface area contributed by atoms with Crippen molar-refractivity contribution in [3.63, 3.8) is 0 Å². The second-order valence-electron chi connectivity index (χ2n) is 5.78.